The van der Waals surface area contributed by atoms with Crippen LogP contribution in [0.3, 0.4) is 0 Å². The maximum atomic E-state index is 11.8. The summed E-state index contributed by atoms with van der Waals surface area (Å²) in [4.78, 5) is 23.4. The van der Waals surface area contributed by atoms with E-state index in [-0.39, 0.29) is 11.5 Å². The Bertz CT molecular complexity index is 662. The number of hydrogen-bond donors (Lipinski definition) is 2. The van der Waals surface area contributed by atoms with Gasteiger partial charge in [0.25, 0.3) is 0 Å². The van der Waals surface area contributed by atoms with Gasteiger partial charge in [0.05, 0.1) is 0 Å². The molecule has 0 bridgehead atoms. The lowest BCUT2D eigenvalue weighted by Crippen LogP contribution is -2.18. The number of amides is 1. The molecule has 1 heterocycles. The Balaban J connectivity index is 1.71. The minimum atomic E-state index is -0.0130. The van der Waals surface area contributed by atoms with Gasteiger partial charge in [0.2, 0.25) is 11.5 Å². The number of carbonyl (C=O) groups is 1. The molecule has 0 aliphatic rings. The number of hydrogen-bond acceptors (Lipinski definition) is 3. The van der Waals surface area contributed by atoms with E-state index in [1.54, 1.807) is 16.8 Å². The van der Waals surface area contributed by atoms with Crippen LogP contribution >= 0.6 is 0 Å². The van der Waals surface area contributed by atoms with Crippen LogP contribution in [0.15, 0.2) is 53.5 Å². The third-order valence-electron chi connectivity index (χ3n) is 3.43. The number of nitrogens with zero attached hydrogens (tertiary/aromatic N) is 1. The van der Waals surface area contributed by atoms with Gasteiger partial charge in [-0.2, -0.15) is 0 Å². The van der Waals surface area contributed by atoms with Gasteiger partial charge >= 0.3 is 0 Å². The number of anilines is 1. The molecule has 0 radical (unpaired) electrons. The Kier molecular flexibility index (Phi) is 5.91. The highest BCUT2D eigenvalue weighted by Crippen LogP contribution is 2.10. The van der Waals surface area contributed by atoms with Crippen molar-refractivity contribution in [3.05, 3.63) is 64.6 Å². The smallest absolute Gasteiger partial charge is 0.250 e. The highest BCUT2D eigenvalue weighted by Gasteiger charge is 2.03. The molecule has 5 nitrogen and oxygen atoms in total. The summed E-state index contributed by atoms with van der Waals surface area (Å²) < 4.78 is 1.66. The Morgan fingerprint density at radius 1 is 1.09 bits per heavy atom. The van der Waals surface area contributed by atoms with Crippen LogP contribution in [0.5, 0.6) is 0 Å². The van der Waals surface area contributed by atoms with Crippen molar-refractivity contribution in [2.75, 3.05) is 5.32 Å². The van der Waals surface area contributed by atoms with Crippen molar-refractivity contribution in [1.82, 2.24) is 4.57 Å². The van der Waals surface area contributed by atoms with Gasteiger partial charge < -0.3 is 15.6 Å². The molecule has 1 aromatic carbocycles. The average molecular weight is 299 g/mol. The highest BCUT2D eigenvalue weighted by molar-refractivity contribution is 5.90. The molecule has 0 unspecified atom stereocenters. The largest absolute Gasteiger partial charge is 0.326 e. The summed E-state index contributed by atoms with van der Waals surface area (Å²) in [5, 5.41) is 2.85. The molecule has 0 aliphatic heterocycles. The van der Waals surface area contributed by atoms with E-state index in [1.165, 1.54) is 6.07 Å². The third-order valence-corrected chi connectivity index (χ3v) is 3.43. The standard InChI is InChI=1S/C17H21N3O2/c18-13-14-7-9-15(10-8-14)19-16(21)5-1-3-11-20-12-4-2-6-17(20)22/h2,4,6-10,12H,1,3,5,11,13,18H2,(H,19,21). The van der Waals surface area contributed by atoms with Crippen molar-refractivity contribution < 1.29 is 4.79 Å². The van der Waals surface area contributed by atoms with Gasteiger partial charge in [-0.1, -0.05) is 18.2 Å². The summed E-state index contributed by atoms with van der Waals surface area (Å²) in [5.74, 6) is -0.0130. The van der Waals surface area contributed by atoms with Crippen LogP contribution in [0.4, 0.5) is 5.69 Å². The second kappa shape index (κ2) is 8.14. The number of unbranched alkanes of at least 4 members (excludes halogenated alkanes) is 1. The Morgan fingerprint density at radius 2 is 1.86 bits per heavy atom. The second-order valence-corrected chi connectivity index (χ2v) is 5.14. The maximum absolute atomic E-state index is 11.8. The summed E-state index contributed by atoms with van der Waals surface area (Å²) in [7, 11) is 0. The van der Waals surface area contributed by atoms with Crippen molar-refractivity contribution in [2.24, 2.45) is 5.73 Å². The van der Waals surface area contributed by atoms with E-state index in [9.17, 15) is 9.59 Å². The summed E-state index contributed by atoms with van der Waals surface area (Å²) >= 11 is 0. The van der Waals surface area contributed by atoms with E-state index < -0.39 is 0 Å². The normalized spacial score (nSPS) is 10.4. The zero-order valence-electron chi connectivity index (χ0n) is 12.5. The van der Waals surface area contributed by atoms with Crippen molar-refractivity contribution in [1.29, 1.82) is 0 Å². The number of carbonyl (C=O) groups excluding carboxylic acids is 1. The first-order valence-corrected chi connectivity index (χ1v) is 7.43. The van der Waals surface area contributed by atoms with Crippen LogP contribution < -0.4 is 16.6 Å². The van der Waals surface area contributed by atoms with Crippen molar-refractivity contribution >= 4 is 11.6 Å². The van der Waals surface area contributed by atoms with Crippen LogP contribution in [-0.4, -0.2) is 10.5 Å². The number of benzene rings is 1. The van der Waals surface area contributed by atoms with E-state index in [2.05, 4.69) is 5.32 Å². The molecule has 0 atom stereocenters. The molecule has 22 heavy (non-hydrogen) atoms. The molecule has 0 fully saturated rings. The summed E-state index contributed by atoms with van der Waals surface area (Å²) in [6, 6.07) is 12.6. The van der Waals surface area contributed by atoms with Crippen molar-refractivity contribution in [2.45, 2.75) is 32.4 Å². The van der Waals surface area contributed by atoms with Crippen LogP contribution in [0.25, 0.3) is 0 Å². The van der Waals surface area contributed by atoms with Gasteiger partial charge in [-0.25, -0.2) is 0 Å². The number of aryl methyl sites for hydroxylation is 1. The fourth-order valence-electron chi connectivity index (χ4n) is 2.16. The topological polar surface area (TPSA) is 77.1 Å². The molecule has 1 amide bonds. The molecule has 0 spiro atoms. The molecule has 5 heteroatoms. The van der Waals surface area contributed by atoms with Crippen LogP contribution in [0.1, 0.15) is 24.8 Å². The molecule has 116 valence electrons. The SMILES string of the molecule is NCc1ccc(NC(=O)CCCCn2ccccc2=O)cc1. The van der Waals surface area contributed by atoms with Gasteiger partial charge in [-0.05, 0) is 36.6 Å². The quantitative estimate of drug-likeness (QED) is 0.769. The molecular formula is C17H21N3O2. The highest BCUT2D eigenvalue weighted by atomic mass is 16.1. The number of nitrogens with one attached hydrogen (secondary N) is 1. The molecule has 2 rings (SSSR count). The van der Waals surface area contributed by atoms with E-state index in [4.69, 9.17) is 5.73 Å². The Morgan fingerprint density at radius 3 is 2.55 bits per heavy atom. The first kappa shape index (κ1) is 16.0. The third kappa shape index (κ3) is 4.86. The molecule has 1 aromatic heterocycles. The first-order chi connectivity index (χ1) is 10.7. The van der Waals surface area contributed by atoms with Gasteiger partial charge in [-0.3, -0.25) is 9.59 Å². The molecule has 2 aromatic rings. The van der Waals surface area contributed by atoms with Crippen LogP contribution in [0.2, 0.25) is 0 Å². The zero-order chi connectivity index (χ0) is 15.8. The fraction of sp³-hybridized carbons (Fsp3) is 0.294. The summed E-state index contributed by atoms with van der Waals surface area (Å²) in [6.07, 6.45) is 3.75. The number of aromatic nitrogens is 1. The van der Waals surface area contributed by atoms with Gasteiger partial charge in [0.15, 0.2) is 0 Å². The molecule has 0 saturated carbocycles. The van der Waals surface area contributed by atoms with Gasteiger partial charge in [0.1, 0.15) is 0 Å². The lowest BCUT2D eigenvalue weighted by Gasteiger charge is -2.07. The second-order valence-electron chi connectivity index (χ2n) is 5.14. The van der Waals surface area contributed by atoms with Gasteiger partial charge in [0, 0.05) is 37.5 Å². The van der Waals surface area contributed by atoms with E-state index in [0.717, 1.165) is 24.1 Å². The fourth-order valence-corrected chi connectivity index (χ4v) is 2.16. The number of rotatable bonds is 7. The summed E-state index contributed by atoms with van der Waals surface area (Å²) in [5.41, 5.74) is 7.33. The van der Waals surface area contributed by atoms with E-state index in [1.807, 2.05) is 30.3 Å². The Labute approximate surface area is 129 Å². The molecule has 0 saturated heterocycles. The van der Waals surface area contributed by atoms with Crippen molar-refractivity contribution in [3.8, 4) is 0 Å². The monoisotopic (exact) mass is 299 g/mol. The molecule has 3 N–H and O–H groups in total. The first-order valence-electron chi connectivity index (χ1n) is 7.43. The lowest BCUT2D eigenvalue weighted by molar-refractivity contribution is -0.116. The van der Waals surface area contributed by atoms with E-state index in [0.29, 0.717) is 19.5 Å². The Hall–Kier alpha value is -2.40. The average Bonchev–Trinajstić information content (AvgIpc) is 2.54. The minimum absolute atomic E-state index is 0.00746. The lowest BCUT2D eigenvalue weighted by atomic mass is 10.2. The maximum Gasteiger partial charge on any atom is 0.250 e. The van der Waals surface area contributed by atoms with E-state index >= 15 is 0 Å². The van der Waals surface area contributed by atoms with Crippen LogP contribution in [-0.2, 0) is 17.9 Å². The predicted molar refractivity (Wildman–Crippen MR) is 87.5 cm³/mol. The number of nitrogens with two attached hydrogens (primary N) is 1. The van der Waals surface area contributed by atoms with Crippen LogP contribution in [0, 0.1) is 0 Å². The zero-order valence-corrected chi connectivity index (χ0v) is 12.5. The predicted octanol–water partition coefficient (Wildman–Crippen LogP) is 2.12. The van der Waals surface area contributed by atoms with Crippen molar-refractivity contribution in [3.63, 3.8) is 0 Å². The summed E-state index contributed by atoms with van der Waals surface area (Å²) in [6.45, 7) is 1.13. The van der Waals surface area contributed by atoms with Gasteiger partial charge in [-0.15, -0.1) is 0 Å². The molecular weight excluding hydrogens is 278 g/mol. The minimum Gasteiger partial charge on any atom is -0.326 e. The molecule has 0 aliphatic carbocycles. The number of pyridine rings is 1.